The molecule has 2 atom stereocenters. The van der Waals surface area contributed by atoms with Crippen LogP contribution >= 0.6 is 0 Å². The van der Waals surface area contributed by atoms with E-state index >= 15 is 0 Å². The fourth-order valence-corrected chi connectivity index (χ4v) is 5.14. The molecule has 11 heteroatoms. The molecule has 1 aromatic heterocycles. The number of sulfonamides is 1. The first-order valence-corrected chi connectivity index (χ1v) is 11.7. The van der Waals surface area contributed by atoms with Crippen LogP contribution in [0, 0.1) is 0 Å². The zero-order valence-corrected chi connectivity index (χ0v) is 19.2. The normalized spacial score (nSPS) is 19.2. The number of morpholine rings is 1. The van der Waals surface area contributed by atoms with Gasteiger partial charge in [0.15, 0.2) is 0 Å². The zero-order valence-electron chi connectivity index (χ0n) is 18.4. The van der Waals surface area contributed by atoms with E-state index in [2.05, 4.69) is 15.5 Å². The van der Waals surface area contributed by atoms with Gasteiger partial charge in [-0.3, -0.25) is 10.1 Å². The first-order chi connectivity index (χ1) is 15.8. The Balaban J connectivity index is 1.44. The molecule has 3 aromatic rings. The lowest BCUT2D eigenvalue weighted by atomic mass is 10.2. The van der Waals surface area contributed by atoms with Gasteiger partial charge < -0.3 is 13.9 Å². The van der Waals surface area contributed by atoms with Crippen molar-refractivity contribution in [2.75, 3.05) is 25.5 Å². The number of benzene rings is 2. The Labute approximate surface area is 191 Å². The minimum atomic E-state index is -3.69. The molecule has 4 rings (SSSR count). The molecule has 0 spiro atoms. The van der Waals surface area contributed by atoms with Gasteiger partial charge in [0.1, 0.15) is 5.75 Å². The lowest BCUT2D eigenvalue weighted by Crippen LogP contribution is -2.48. The number of hydrogen-bond acceptors (Lipinski definition) is 8. The molecule has 10 nitrogen and oxygen atoms in total. The van der Waals surface area contributed by atoms with Gasteiger partial charge in [-0.2, -0.15) is 4.31 Å². The summed E-state index contributed by atoms with van der Waals surface area (Å²) in [5.41, 5.74) is 0.923. The number of aromatic nitrogens is 2. The van der Waals surface area contributed by atoms with E-state index in [1.165, 1.54) is 28.6 Å². The van der Waals surface area contributed by atoms with Crippen LogP contribution in [0.5, 0.6) is 5.75 Å². The number of ether oxygens (including phenoxy) is 2. The van der Waals surface area contributed by atoms with Crippen LogP contribution in [0.4, 0.5) is 6.01 Å². The van der Waals surface area contributed by atoms with E-state index < -0.39 is 15.9 Å². The van der Waals surface area contributed by atoms with E-state index in [0.29, 0.717) is 11.3 Å². The molecule has 2 aromatic carbocycles. The Morgan fingerprint density at radius 1 is 1.03 bits per heavy atom. The first kappa shape index (κ1) is 22.9. The van der Waals surface area contributed by atoms with Crippen LogP contribution in [-0.4, -0.2) is 61.2 Å². The van der Waals surface area contributed by atoms with Crippen molar-refractivity contribution < 1.29 is 27.1 Å². The molecule has 174 valence electrons. The first-order valence-electron chi connectivity index (χ1n) is 10.3. The van der Waals surface area contributed by atoms with Gasteiger partial charge in [0, 0.05) is 24.2 Å². The molecule has 33 heavy (non-hydrogen) atoms. The van der Waals surface area contributed by atoms with Crippen molar-refractivity contribution in [3.05, 3.63) is 54.1 Å². The number of carbonyl (C=O) groups excluding carboxylic acids is 1. The second-order valence-electron chi connectivity index (χ2n) is 7.70. The number of nitrogens with one attached hydrogen (secondary N) is 1. The largest absolute Gasteiger partial charge is 0.497 e. The number of anilines is 1. The highest BCUT2D eigenvalue weighted by Crippen LogP contribution is 2.24. The van der Waals surface area contributed by atoms with E-state index in [1.54, 1.807) is 31.4 Å². The van der Waals surface area contributed by atoms with Crippen LogP contribution < -0.4 is 10.1 Å². The van der Waals surface area contributed by atoms with Gasteiger partial charge >= 0.3 is 6.01 Å². The van der Waals surface area contributed by atoms with Gasteiger partial charge in [-0.25, -0.2) is 8.42 Å². The fourth-order valence-electron chi connectivity index (χ4n) is 3.55. The summed E-state index contributed by atoms with van der Waals surface area (Å²) >= 11 is 0. The predicted octanol–water partition coefficient (Wildman–Crippen LogP) is 2.80. The van der Waals surface area contributed by atoms with Crippen LogP contribution in [0.1, 0.15) is 24.2 Å². The van der Waals surface area contributed by atoms with E-state index in [9.17, 15) is 13.2 Å². The highest BCUT2D eigenvalue weighted by Gasteiger charge is 2.32. The smallest absolute Gasteiger partial charge is 0.322 e. The maximum absolute atomic E-state index is 13.0. The van der Waals surface area contributed by atoms with E-state index in [-0.39, 0.29) is 47.7 Å². The molecular formula is C22H24N4O6S. The SMILES string of the molecule is COc1ccc(-c2nnc(NC(=O)c3ccc(S(=O)(=O)N4C[C@@H](C)O[C@H](C)C4)cc3)o2)cc1. The molecule has 1 saturated heterocycles. The molecule has 1 aliphatic heterocycles. The molecule has 0 unspecified atom stereocenters. The number of hydrogen-bond donors (Lipinski definition) is 1. The summed E-state index contributed by atoms with van der Waals surface area (Å²) in [4.78, 5) is 12.7. The molecular weight excluding hydrogens is 448 g/mol. The number of amides is 1. The maximum Gasteiger partial charge on any atom is 0.322 e. The van der Waals surface area contributed by atoms with E-state index in [0.717, 1.165) is 0 Å². The summed E-state index contributed by atoms with van der Waals surface area (Å²) in [6.07, 6.45) is -0.378. The van der Waals surface area contributed by atoms with Crippen LogP contribution in [0.25, 0.3) is 11.5 Å². The molecule has 1 fully saturated rings. The molecule has 1 N–H and O–H groups in total. The number of methoxy groups -OCH3 is 1. The molecule has 0 radical (unpaired) electrons. The van der Waals surface area contributed by atoms with Crippen molar-refractivity contribution in [1.29, 1.82) is 0 Å². The van der Waals surface area contributed by atoms with Gasteiger partial charge in [-0.05, 0) is 62.4 Å². The zero-order chi connectivity index (χ0) is 23.6. The molecule has 0 bridgehead atoms. The number of carbonyl (C=O) groups is 1. The Morgan fingerprint density at radius 2 is 1.67 bits per heavy atom. The average molecular weight is 473 g/mol. The fraction of sp³-hybridized carbons (Fsp3) is 0.318. The number of rotatable bonds is 6. The quantitative estimate of drug-likeness (QED) is 0.581. The highest BCUT2D eigenvalue weighted by atomic mass is 32.2. The monoisotopic (exact) mass is 472 g/mol. The van der Waals surface area contributed by atoms with E-state index in [1.807, 2.05) is 13.8 Å². The number of nitrogens with zero attached hydrogens (tertiary/aromatic N) is 3. The Kier molecular flexibility index (Phi) is 6.45. The molecule has 1 amide bonds. The Bertz CT molecular complexity index is 1210. The summed E-state index contributed by atoms with van der Waals surface area (Å²) in [6.45, 7) is 4.23. The summed E-state index contributed by atoms with van der Waals surface area (Å²) in [5, 5.41) is 10.3. The van der Waals surface area contributed by atoms with E-state index in [4.69, 9.17) is 13.9 Å². The Hall–Kier alpha value is -3.28. The van der Waals surface area contributed by atoms with Crippen LogP contribution in [0.2, 0.25) is 0 Å². The van der Waals surface area contributed by atoms with Gasteiger partial charge in [-0.15, -0.1) is 5.10 Å². The molecule has 1 aliphatic rings. The Morgan fingerprint density at radius 3 is 2.27 bits per heavy atom. The summed E-state index contributed by atoms with van der Waals surface area (Å²) in [7, 11) is -2.12. The third-order valence-electron chi connectivity index (χ3n) is 5.12. The molecule has 0 aliphatic carbocycles. The maximum atomic E-state index is 13.0. The van der Waals surface area contributed by atoms with Gasteiger partial charge in [0.25, 0.3) is 5.91 Å². The van der Waals surface area contributed by atoms with Gasteiger partial charge in [0.2, 0.25) is 15.9 Å². The topological polar surface area (TPSA) is 124 Å². The van der Waals surface area contributed by atoms with Gasteiger partial charge in [0.05, 0.1) is 24.2 Å². The van der Waals surface area contributed by atoms with Crippen LogP contribution in [0.15, 0.2) is 57.8 Å². The van der Waals surface area contributed by atoms with Crippen molar-refractivity contribution in [1.82, 2.24) is 14.5 Å². The van der Waals surface area contributed by atoms with Gasteiger partial charge in [-0.1, -0.05) is 5.10 Å². The molecule has 0 saturated carbocycles. The lowest BCUT2D eigenvalue weighted by molar-refractivity contribution is -0.0440. The van der Waals surface area contributed by atoms with Crippen molar-refractivity contribution >= 4 is 21.9 Å². The predicted molar refractivity (Wildman–Crippen MR) is 119 cm³/mol. The standard InChI is InChI=1S/C22H24N4O6S/c1-14-12-26(13-15(2)31-14)33(28,29)19-10-6-16(7-11-19)20(27)23-22-25-24-21(32-22)17-4-8-18(30-3)9-5-17/h4-11,14-15H,12-13H2,1-3H3,(H,23,25,27)/t14-,15-/m1/s1. The van der Waals surface area contributed by atoms with Crippen molar-refractivity contribution in [2.24, 2.45) is 0 Å². The minimum absolute atomic E-state index is 0.0705. The minimum Gasteiger partial charge on any atom is -0.497 e. The summed E-state index contributed by atoms with van der Waals surface area (Å²) in [5.74, 6) is 0.427. The second kappa shape index (κ2) is 9.30. The highest BCUT2D eigenvalue weighted by molar-refractivity contribution is 7.89. The molecule has 2 heterocycles. The summed E-state index contributed by atoms with van der Waals surface area (Å²) in [6, 6.07) is 12.7. The second-order valence-corrected chi connectivity index (χ2v) is 9.64. The third-order valence-corrected chi connectivity index (χ3v) is 6.97. The van der Waals surface area contributed by atoms with Crippen LogP contribution in [-0.2, 0) is 14.8 Å². The lowest BCUT2D eigenvalue weighted by Gasteiger charge is -2.34. The van der Waals surface area contributed by atoms with Crippen molar-refractivity contribution in [2.45, 2.75) is 31.0 Å². The summed E-state index contributed by atoms with van der Waals surface area (Å²) < 4.78 is 43.5. The van der Waals surface area contributed by atoms with Crippen molar-refractivity contribution in [3.8, 4) is 17.2 Å². The average Bonchev–Trinajstić information content (AvgIpc) is 3.27. The van der Waals surface area contributed by atoms with Crippen LogP contribution in [0.3, 0.4) is 0 Å². The third kappa shape index (κ3) is 5.05. The van der Waals surface area contributed by atoms with Crippen molar-refractivity contribution in [3.63, 3.8) is 0 Å².